The summed E-state index contributed by atoms with van der Waals surface area (Å²) in [5.74, 6) is -0.136. The van der Waals surface area contributed by atoms with Crippen molar-refractivity contribution in [1.82, 2.24) is 16.0 Å². The number of halogens is 1. The molecule has 2 amide bonds. The average Bonchev–Trinajstić information content (AvgIpc) is 2.48. The Morgan fingerprint density at radius 2 is 1.86 bits per heavy atom. The second-order valence-corrected chi connectivity index (χ2v) is 5.46. The second kappa shape index (κ2) is 9.43. The predicted molar refractivity (Wildman–Crippen MR) is 88.9 cm³/mol. The number of benzene rings is 1. The number of amides is 2. The van der Waals surface area contributed by atoms with Gasteiger partial charge in [-0.25, -0.2) is 0 Å². The van der Waals surface area contributed by atoms with E-state index in [1.54, 1.807) is 0 Å². The molecule has 0 aromatic heterocycles. The topological polar surface area (TPSA) is 70.2 Å². The summed E-state index contributed by atoms with van der Waals surface area (Å²) in [6.07, 6.45) is 2.19. The van der Waals surface area contributed by atoms with Gasteiger partial charge in [0.25, 0.3) is 0 Å². The Bertz CT molecular complexity index is 476. The van der Waals surface area contributed by atoms with Crippen molar-refractivity contribution >= 4 is 24.2 Å². The molecule has 22 heavy (non-hydrogen) atoms. The first-order valence-corrected chi connectivity index (χ1v) is 7.47. The van der Waals surface area contributed by atoms with Crippen molar-refractivity contribution in [2.45, 2.75) is 38.3 Å². The summed E-state index contributed by atoms with van der Waals surface area (Å²) in [5, 5.41) is 9.19. The standard InChI is InChI=1S/C16H23N3O2.ClH/c1-12(20)18-15(13-5-3-2-4-6-13)11-16(21)19-14-7-9-17-10-8-14;/h2-6,14-15,17H,7-11H2,1H3,(H,18,20)(H,19,21);1H. The highest BCUT2D eigenvalue weighted by molar-refractivity contribution is 5.85. The maximum Gasteiger partial charge on any atom is 0.222 e. The number of piperidine rings is 1. The lowest BCUT2D eigenvalue weighted by atomic mass is 10.0. The highest BCUT2D eigenvalue weighted by Gasteiger charge is 2.20. The van der Waals surface area contributed by atoms with Gasteiger partial charge in [-0.1, -0.05) is 30.3 Å². The Kier molecular flexibility index (Phi) is 7.91. The molecule has 3 N–H and O–H groups in total. The molecule has 0 radical (unpaired) electrons. The van der Waals surface area contributed by atoms with E-state index in [1.807, 2.05) is 30.3 Å². The Balaban J connectivity index is 0.00000242. The fraction of sp³-hybridized carbons (Fsp3) is 0.500. The van der Waals surface area contributed by atoms with E-state index < -0.39 is 0 Å². The first kappa shape index (κ1) is 18.5. The number of carbonyl (C=O) groups excluding carboxylic acids is 2. The van der Waals surface area contributed by atoms with E-state index in [1.165, 1.54) is 6.92 Å². The first-order valence-electron chi connectivity index (χ1n) is 7.47. The largest absolute Gasteiger partial charge is 0.353 e. The molecule has 1 heterocycles. The fourth-order valence-electron chi connectivity index (χ4n) is 2.62. The molecule has 0 spiro atoms. The third-order valence-electron chi connectivity index (χ3n) is 3.67. The average molecular weight is 326 g/mol. The third kappa shape index (κ3) is 6.03. The van der Waals surface area contributed by atoms with Crippen molar-refractivity contribution in [3.05, 3.63) is 35.9 Å². The summed E-state index contributed by atoms with van der Waals surface area (Å²) in [5.41, 5.74) is 0.952. The molecule has 1 saturated heterocycles. The summed E-state index contributed by atoms with van der Waals surface area (Å²) in [6, 6.07) is 9.57. The van der Waals surface area contributed by atoms with Gasteiger partial charge in [-0.05, 0) is 31.5 Å². The van der Waals surface area contributed by atoms with Gasteiger partial charge in [-0.15, -0.1) is 12.4 Å². The summed E-state index contributed by atoms with van der Waals surface area (Å²) < 4.78 is 0. The SMILES string of the molecule is CC(=O)NC(CC(=O)NC1CCNCC1)c1ccccc1.Cl. The Morgan fingerprint density at radius 1 is 1.23 bits per heavy atom. The molecule has 1 aliphatic heterocycles. The summed E-state index contributed by atoms with van der Waals surface area (Å²) in [4.78, 5) is 23.5. The molecule has 0 bridgehead atoms. The number of nitrogens with one attached hydrogen (secondary N) is 3. The Labute approximate surface area is 137 Å². The van der Waals surface area contributed by atoms with E-state index in [0.29, 0.717) is 0 Å². The minimum atomic E-state index is -0.273. The van der Waals surface area contributed by atoms with Gasteiger partial charge in [0, 0.05) is 13.0 Å². The van der Waals surface area contributed by atoms with Gasteiger partial charge in [0.2, 0.25) is 11.8 Å². The highest BCUT2D eigenvalue weighted by atomic mass is 35.5. The molecule has 1 aromatic rings. The molecule has 1 unspecified atom stereocenters. The smallest absolute Gasteiger partial charge is 0.222 e. The molecule has 0 saturated carbocycles. The normalized spacial score (nSPS) is 16.2. The van der Waals surface area contributed by atoms with Gasteiger partial charge in [0.1, 0.15) is 0 Å². The van der Waals surface area contributed by atoms with E-state index in [-0.39, 0.29) is 42.7 Å². The summed E-state index contributed by atoms with van der Waals surface area (Å²) in [7, 11) is 0. The Morgan fingerprint density at radius 3 is 2.45 bits per heavy atom. The number of rotatable bonds is 5. The lowest BCUT2D eigenvalue weighted by Crippen LogP contribution is -2.43. The van der Waals surface area contributed by atoms with Crippen LogP contribution in [0.25, 0.3) is 0 Å². The molecule has 6 heteroatoms. The van der Waals surface area contributed by atoms with Gasteiger partial charge in [-0.2, -0.15) is 0 Å². The van der Waals surface area contributed by atoms with Gasteiger partial charge in [-0.3, -0.25) is 9.59 Å². The predicted octanol–water partition coefficient (Wildman–Crippen LogP) is 1.54. The van der Waals surface area contributed by atoms with Crippen LogP contribution in [-0.4, -0.2) is 30.9 Å². The number of hydrogen-bond acceptors (Lipinski definition) is 3. The monoisotopic (exact) mass is 325 g/mol. The van der Waals surface area contributed by atoms with Crippen LogP contribution in [0.4, 0.5) is 0 Å². The van der Waals surface area contributed by atoms with Crippen molar-refractivity contribution < 1.29 is 9.59 Å². The van der Waals surface area contributed by atoms with Crippen LogP contribution in [0, 0.1) is 0 Å². The molecule has 1 fully saturated rings. The van der Waals surface area contributed by atoms with E-state index in [0.717, 1.165) is 31.5 Å². The van der Waals surface area contributed by atoms with Crippen LogP contribution in [0.15, 0.2) is 30.3 Å². The molecular formula is C16H24ClN3O2. The molecule has 2 rings (SSSR count). The molecule has 1 aromatic carbocycles. The summed E-state index contributed by atoms with van der Waals surface area (Å²) >= 11 is 0. The Hall–Kier alpha value is -1.59. The molecular weight excluding hydrogens is 302 g/mol. The van der Waals surface area contributed by atoms with Crippen molar-refractivity contribution in [2.75, 3.05) is 13.1 Å². The van der Waals surface area contributed by atoms with E-state index >= 15 is 0 Å². The first-order chi connectivity index (χ1) is 10.1. The van der Waals surface area contributed by atoms with E-state index in [2.05, 4.69) is 16.0 Å². The zero-order valence-electron chi connectivity index (χ0n) is 12.8. The maximum atomic E-state index is 12.2. The quantitative estimate of drug-likeness (QED) is 0.769. The third-order valence-corrected chi connectivity index (χ3v) is 3.67. The van der Waals surface area contributed by atoms with Crippen LogP contribution in [0.3, 0.4) is 0 Å². The molecule has 1 aliphatic rings. The highest BCUT2D eigenvalue weighted by Crippen LogP contribution is 2.17. The van der Waals surface area contributed by atoms with Gasteiger partial charge >= 0.3 is 0 Å². The lowest BCUT2D eigenvalue weighted by molar-refractivity contribution is -0.123. The van der Waals surface area contributed by atoms with Crippen LogP contribution < -0.4 is 16.0 Å². The number of hydrogen-bond donors (Lipinski definition) is 3. The van der Waals surface area contributed by atoms with Crippen LogP contribution >= 0.6 is 12.4 Å². The van der Waals surface area contributed by atoms with E-state index in [9.17, 15) is 9.59 Å². The van der Waals surface area contributed by atoms with Gasteiger partial charge in [0.15, 0.2) is 0 Å². The van der Waals surface area contributed by atoms with E-state index in [4.69, 9.17) is 0 Å². The van der Waals surface area contributed by atoms with Crippen molar-refractivity contribution in [1.29, 1.82) is 0 Å². The number of carbonyl (C=O) groups is 2. The fourth-order valence-corrected chi connectivity index (χ4v) is 2.62. The zero-order valence-corrected chi connectivity index (χ0v) is 13.6. The van der Waals surface area contributed by atoms with Crippen LogP contribution in [0.5, 0.6) is 0 Å². The lowest BCUT2D eigenvalue weighted by Gasteiger charge is -2.25. The van der Waals surface area contributed by atoms with Crippen molar-refractivity contribution in [3.8, 4) is 0 Å². The van der Waals surface area contributed by atoms with Crippen LogP contribution in [0.1, 0.15) is 37.8 Å². The minimum absolute atomic E-state index is 0. The molecule has 0 aliphatic carbocycles. The molecule has 122 valence electrons. The van der Waals surface area contributed by atoms with Crippen LogP contribution in [-0.2, 0) is 9.59 Å². The van der Waals surface area contributed by atoms with Crippen molar-refractivity contribution in [3.63, 3.8) is 0 Å². The van der Waals surface area contributed by atoms with Gasteiger partial charge in [0.05, 0.1) is 12.5 Å². The zero-order chi connectivity index (χ0) is 15.1. The molecule has 5 nitrogen and oxygen atoms in total. The maximum absolute atomic E-state index is 12.2. The molecule has 1 atom stereocenters. The van der Waals surface area contributed by atoms with Crippen molar-refractivity contribution in [2.24, 2.45) is 0 Å². The summed E-state index contributed by atoms with van der Waals surface area (Å²) in [6.45, 7) is 3.36. The van der Waals surface area contributed by atoms with Crippen LogP contribution in [0.2, 0.25) is 0 Å². The second-order valence-electron chi connectivity index (χ2n) is 5.46. The minimum Gasteiger partial charge on any atom is -0.353 e. The van der Waals surface area contributed by atoms with Gasteiger partial charge < -0.3 is 16.0 Å².